The molecule has 1 aliphatic rings. The van der Waals surface area contributed by atoms with E-state index in [1.807, 2.05) is 0 Å². The predicted octanol–water partition coefficient (Wildman–Crippen LogP) is 5.84. The van der Waals surface area contributed by atoms with E-state index in [1.165, 1.54) is 77.0 Å². The Balaban J connectivity index is 1.86. The minimum Gasteiger partial charge on any atom is -0.350 e. The Hall–Kier alpha value is -0.0800. The SMILES string of the molecule is CCCCCCCCCCC1COC(CCCCC)O1. The van der Waals surface area contributed by atoms with Crippen LogP contribution < -0.4 is 0 Å². The lowest BCUT2D eigenvalue weighted by Crippen LogP contribution is -2.12. The minimum atomic E-state index is 0.0978. The third-order valence-corrected chi connectivity index (χ3v) is 4.24. The molecular weight excluding hydrogens is 248 g/mol. The fourth-order valence-corrected chi connectivity index (χ4v) is 2.88. The summed E-state index contributed by atoms with van der Waals surface area (Å²) in [5, 5.41) is 0. The summed E-state index contributed by atoms with van der Waals surface area (Å²) < 4.78 is 11.7. The normalized spacial score (nSPS) is 22.5. The molecule has 120 valence electrons. The Morgan fingerprint density at radius 3 is 1.95 bits per heavy atom. The van der Waals surface area contributed by atoms with Crippen molar-refractivity contribution in [3.05, 3.63) is 0 Å². The number of rotatable bonds is 13. The van der Waals surface area contributed by atoms with Crippen LogP contribution in [0, 0.1) is 0 Å². The summed E-state index contributed by atoms with van der Waals surface area (Å²) in [5.41, 5.74) is 0. The number of hydrogen-bond donors (Lipinski definition) is 0. The van der Waals surface area contributed by atoms with E-state index < -0.39 is 0 Å². The molecule has 0 amide bonds. The van der Waals surface area contributed by atoms with Gasteiger partial charge in [-0.2, -0.15) is 0 Å². The molecular formula is C18H36O2. The Labute approximate surface area is 126 Å². The van der Waals surface area contributed by atoms with E-state index in [9.17, 15) is 0 Å². The van der Waals surface area contributed by atoms with Crippen LogP contribution in [0.3, 0.4) is 0 Å². The molecule has 1 fully saturated rings. The molecule has 0 aromatic carbocycles. The molecule has 0 spiro atoms. The zero-order valence-corrected chi connectivity index (χ0v) is 13.9. The van der Waals surface area contributed by atoms with Crippen LogP contribution in [0.25, 0.3) is 0 Å². The average molecular weight is 284 g/mol. The Bertz CT molecular complexity index is 206. The van der Waals surface area contributed by atoms with Crippen molar-refractivity contribution >= 4 is 0 Å². The lowest BCUT2D eigenvalue weighted by Gasteiger charge is -2.11. The van der Waals surface area contributed by atoms with Crippen molar-refractivity contribution in [1.82, 2.24) is 0 Å². The lowest BCUT2D eigenvalue weighted by molar-refractivity contribution is -0.0643. The molecule has 0 N–H and O–H groups in total. The van der Waals surface area contributed by atoms with Gasteiger partial charge in [-0.25, -0.2) is 0 Å². The van der Waals surface area contributed by atoms with Gasteiger partial charge in [0.2, 0.25) is 0 Å². The number of hydrogen-bond acceptors (Lipinski definition) is 2. The third-order valence-electron chi connectivity index (χ3n) is 4.24. The van der Waals surface area contributed by atoms with E-state index in [-0.39, 0.29) is 6.29 Å². The van der Waals surface area contributed by atoms with Crippen LogP contribution in [0.4, 0.5) is 0 Å². The molecule has 0 aromatic heterocycles. The maximum Gasteiger partial charge on any atom is 0.158 e. The zero-order valence-electron chi connectivity index (χ0n) is 13.9. The second-order valence-electron chi connectivity index (χ2n) is 6.28. The summed E-state index contributed by atoms with van der Waals surface area (Å²) in [4.78, 5) is 0. The smallest absolute Gasteiger partial charge is 0.158 e. The van der Waals surface area contributed by atoms with E-state index in [0.29, 0.717) is 6.10 Å². The second-order valence-corrected chi connectivity index (χ2v) is 6.28. The van der Waals surface area contributed by atoms with Gasteiger partial charge in [0.25, 0.3) is 0 Å². The topological polar surface area (TPSA) is 18.5 Å². The van der Waals surface area contributed by atoms with Crippen LogP contribution in [0.15, 0.2) is 0 Å². The van der Waals surface area contributed by atoms with E-state index in [4.69, 9.17) is 9.47 Å². The van der Waals surface area contributed by atoms with Crippen molar-refractivity contribution in [2.24, 2.45) is 0 Å². The maximum atomic E-state index is 5.95. The molecule has 2 atom stereocenters. The Morgan fingerprint density at radius 2 is 1.25 bits per heavy atom. The monoisotopic (exact) mass is 284 g/mol. The number of ether oxygens (including phenoxy) is 2. The van der Waals surface area contributed by atoms with Crippen LogP contribution >= 0.6 is 0 Å². The summed E-state index contributed by atoms with van der Waals surface area (Å²) in [6, 6.07) is 0. The summed E-state index contributed by atoms with van der Waals surface area (Å²) in [6.45, 7) is 5.34. The summed E-state index contributed by atoms with van der Waals surface area (Å²) in [5.74, 6) is 0. The first-order valence-corrected chi connectivity index (χ1v) is 9.13. The van der Waals surface area contributed by atoms with Gasteiger partial charge in [0.05, 0.1) is 12.7 Å². The van der Waals surface area contributed by atoms with Crippen LogP contribution in [0.1, 0.15) is 97.3 Å². The molecule has 1 saturated heterocycles. The van der Waals surface area contributed by atoms with Crippen LogP contribution in [-0.2, 0) is 9.47 Å². The largest absolute Gasteiger partial charge is 0.350 e. The molecule has 1 aliphatic heterocycles. The highest BCUT2D eigenvalue weighted by Gasteiger charge is 2.24. The molecule has 2 unspecified atom stereocenters. The van der Waals surface area contributed by atoms with Gasteiger partial charge in [0, 0.05) is 0 Å². The second kappa shape index (κ2) is 12.6. The van der Waals surface area contributed by atoms with Gasteiger partial charge in [-0.05, 0) is 19.3 Å². The van der Waals surface area contributed by atoms with Crippen molar-refractivity contribution in [3.63, 3.8) is 0 Å². The van der Waals surface area contributed by atoms with Gasteiger partial charge >= 0.3 is 0 Å². The van der Waals surface area contributed by atoms with Crippen molar-refractivity contribution in [2.45, 2.75) is 110 Å². The minimum absolute atomic E-state index is 0.0978. The molecule has 1 heterocycles. The molecule has 2 heteroatoms. The molecule has 0 bridgehead atoms. The molecule has 20 heavy (non-hydrogen) atoms. The standard InChI is InChI=1S/C18H36O2/c1-3-5-7-8-9-10-11-13-14-17-16-19-18(20-17)15-12-6-4-2/h17-18H,3-16H2,1-2H3. The maximum absolute atomic E-state index is 5.95. The van der Waals surface area contributed by atoms with Gasteiger partial charge in [0.15, 0.2) is 6.29 Å². The highest BCUT2D eigenvalue weighted by atomic mass is 16.7. The molecule has 2 nitrogen and oxygen atoms in total. The Kier molecular flexibility index (Phi) is 11.4. The van der Waals surface area contributed by atoms with Crippen molar-refractivity contribution < 1.29 is 9.47 Å². The molecule has 0 saturated carbocycles. The average Bonchev–Trinajstić information content (AvgIpc) is 2.90. The van der Waals surface area contributed by atoms with Crippen molar-refractivity contribution in [3.8, 4) is 0 Å². The highest BCUT2D eigenvalue weighted by Crippen LogP contribution is 2.21. The van der Waals surface area contributed by atoms with Gasteiger partial charge in [-0.3, -0.25) is 0 Å². The molecule has 0 radical (unpaired) electrons. The van der Waals surface area contributed by atoms with Crippen molar-refractivity contribution in [1.29, 1.82) is 0 Å². The first-order valence-electron chi connectivity index (χ1n) is 9.13. The van der Waals surface area contributed by atoms with Gasteiger partial charge in [0.1, 0.15) is 0 Å². The Morgan fingerprint density at radius 1 is 0.700 bits per heavy atom. The van der Waals surface area contributed by atoms with Crippen LogP contribution in [0.2, 0.25) is 0 Å². The van der Waals surface area contributed by atoms with E-state index in [2.05, 4.69) is 13.8 Å². The van der Waals surface area contributed by atoms with Crippen molar-refractivity contribution in [2.75, 3.05) is 6.61 Å². The first kappa shape index (κ1) is 18.0. The predicted molar refractivity (Wildman–Crippen MR) is 86.0 cm³/mol. The molecule has 0 aromatic rings. The van der Waals surface area contributed by atoms with Crippen LogP contribution in [-0.4, -0.2) is 19.0 Å². The highest BCUT2D eigenvalue weighted by molar-refractivity contribution is 4.66. The van der Waals surface area contributed by atoms with Gasteiger partial charge < -0.3 is 9.47 Å². The van der Waals surface area contributed by atoms with E-state index in [1.54, 1.807) is 0 Å². The first-order chi connectivity index (χ1) is 9.86. The summed E-state index contributed by atoms with van der Waals surface area (Å²) in [7, 11) is 0. The quantitative estimate of drug-likeness (QED) is 0.396. The number of unbranched alkanes of at least 4 members (excludes halogenated alkanes) is 9. The lowest BCUT2D eigenvalue weighted by atomic mass is 10.1. The fourth-order valence-electron chi connectivity index (χ4n) is 2.88. The van der Waals surface area contributed by atoms with E-state index in [0.717, 1.165) is 13.0 Å². The van der Waals surface area contributed by atoms with Gasteiger partial charge in [-0.1, -0.05) is 78.1 Å². The molecule has 1 rings (SSSR count). The van der Waals surface area contributed by atoms with Crippen LogP contribution in [0.5, 0.6) is 0 Å². The fraction of sp³-hybridized carbons (Fsp3) is 1.00. The van der Waals surface area contributed by atoms with E-state index >= 15 is 0 Å². The van der Waals surface area contributed by atoms with Gasteiger partial charge in [-0.15, -0.1) is 0 Å². The molecule has 0 aliphatic carbocycles. The third kappa shape index (κ3) is 8.97. The summed E-state index contributed by atoms with van der Waals surface area (Å²) >= 11 is 0. The zero-order chi connectivity index (χ0) is 14.5. The summed E-state index contributed by atoms with van der Waals surface area (Å²) in [6.07, 6.45) is 17.7.